The molecule has 2 heterocycles. The van der Waals surface area contributed by atoms with Crippen LogP contribution >= 0.6 is 0 Å². The van der Waals surface area contributed by atoms with Crippen molar-refractivity contribution < 1.29 is 14.3 Å². The summed E-state index contributed by atoms with van der Waals surface area (Å²) in [5.41, 5.74) is 1.71. The van der Waals surface area contributed by atoms with Crippen LogP contribution < -0.4 is 5.32 Å². The number of carbonyl (C=O) groups is 2. The molecule has 6 heteroatoms. The summed E-state index contributed by atoms with van der Waals surface area (Å²) in [6, 6.07) is 3.61. The van der Waals surface area contributed by atoms with Crippen molar-refractivity contribution in [2.24, 2.45) is 5.41 Å². The quantitative estimate of drug-likeness (QED) is 0.894. The molecule has 1 aliphatic rings. The maximum Gasteiger partial charge on any atom is 0.410 e. The second-order valence-electron chi connectivity index (χ2n) is 7.87. The third kappa shape index (κ3) is 4.59. The van der Waals surface area contributed by atoms with Crippen LogP contribution in [0.5, 0.6) is 0 Å². The fourth-order valence-electron chi connectivity index (χ4n) is 2.89. The van der Waals surface area contributed by atoms with Gasteiger partial charge in [0.1, 0.15) is 11.3 Å². The maximum atomic E-state index is 12.3. The van der Waals surface area contributed by atoms with Gasteiger partial charge in [-0.05, 0) is 38.0 Å². The van der Waals surface area contributed by atoms with E-state index in [0.717, 1.165) is 11.1 Å². The summed E-state index contributed by atoms with van der Waals surface area (Å²) in [4.78, 5) is 29.9. The number of nitrogens with one attached hydrogen (secondary N) is 1. The molecule has 6 nitrogen and oxygen atoms in total. The maximum absolute atomic E-state index is 12.3. The van der Waals surface area contributed by atoms with Gasteiger partial charge in [-0.2, -0.15) is 0 Å². The van der Waals surface area contributed by atoms with Crippen molar-refractivity contribution in [3.63, 3.8) is 0 Å². The van der Waals surface area contributed by atoms with Crippen LogP contribution in [0.2, 0.25) is 0 Å². The molecule has 0 saturated carbocycles. The Labute approximate surface area is 149 Å². The second-order valence-corrected chi connectivity index (χ2v) is 7.87. The topological polar surface area (TPSA) is 71.5 Å². The Kier molecular flexibility index (Phi) is 5.20. The Hall–Kier alpha value is -2.37. The number of nitrogens with zero attached hydrogens (tertiary/aromatic N) is 2. The molecule has 0 unspecified atom stereocenters. The van der Waals surface area contributed by atoms with Gasteiger partial charge in [-0.15, -0.1) is 0 Å². The molecule has 136 valence electrons. The molecule has 0 aromatic carbocycles. The lowest BCUT2D eigenvalue weighted by molar-refractivity contribution is 0.0219. The van der Waals surface area contributed by atoms with E-state index in [0.29, 0.717) is 18.8 Å². The van der Waals surface area contributed by atoms with Gasteiger partial charge in [-0.1, -0.05) is 26.0 Å². The van der Waals surface area contributed by atoms with Gasteiger partial charge in [0.15, 0.2) is 0 Å². The highest BCUT2D eigenvalue weighted by Crippen LogP contribution is 2.38. The van der Waals surface area contributed by atoms with E-state index in [-0.39, 0.29) is 17.4 Å². The number of pyridine rings is 1. The van der Waals surface area contributed by atoms with Crippen LogP contribution in [0.4, 0.5) is 4.79 Å². The lowest BCUT2D eigenvalue weighted by atomic mass is 9.78. The van der Waals surface area contributed by atoms with E-state index in [9.17, 15) is 9.59 Å². The minimum atomic E-state index is -0.509. The first-order valence-corrected chi connectivity index (χ1v) is 8.40. The molecule has 0 bridgehead atoms. The number of hydrogen-bond acceptors (Lipinski definition) is 4. The van der Waals surface area contributed by atoms with Crippen molar-refractivity contribution in [2.75, 3.05) is 20.1 Å². The summed E-state index contributed by atoms with van der Waals surface area (Å²) < 4.78 is 5.47. The van der Waals surface area contributed by atoms with E-state index in [2.05, 4.69) is 24.1 Å². The first kappa shape index (κ1) is 19.0. The Morgan fingerprint density at radius 1 is 1.28 bits per heavy atom. The zero-order valence-electron chi connectivity index (χ0n) is 15.8. The molecule has 0 radical (unpaired) electrons. The van der Waals surface area contributed by atoms with E-state index in [1.54, 1.807) is 24.2 Å². The molecule has 25 heavy (non-hydrogen) atoms. The van der Waals surface area contributed by atoms with Crippen molar-refractivity contribution in [1.29, 1.82) is 0 Å². The molecule has 0 spiro atoms. The minimum absolute atomic E-state index is 0.209. The lowest BCUT2D eigenvalue weighted by Gasteiger charge is -2.39. The molecule has 1 aliphatic heterocycles. The minimum Gasteiger partial charge on any atom is -0.444 e. The first-order chi connectivity index (χ1) is 11.5. The van der Waals surface area contributed by atoms with Crippen molar-refractivity contribution in [1.82, 2.24) is 15.2 Å². The summed E-state index contributed by atoms with van der Waals surface area (Å²) in [6.07, 6.45) is 3.44. The summed E-state index contributed by atoms with van der Waals surface area (Å²) in [5, 5.41) is 2.56. The van der Waals surface area contributed by atoms with E-state index < -0.39 is 5.60 Å². The van der Waals surface area contributed by atoms with E-state index in [1.165, 1.54) is 0 Å². The number of aromatic nitrogens is 1. The van der Waals surface area contributed by atoms with Crippen LogP contribution in [-0.2, 0) is 4.74 Å². The fourth-order valence-corrected chi connectivity index (χ4v) is 2.89. The van der Waals surface area contributed by atoms with Crippen LogP contribution in [0, 0.1) is 5.41 Å². The van der Waals surface area contributed by atoms with E-state index >= 15 is 0 Å². The predicted molar refractivity (Wildman–Crippen MR) is 97.2 cm³/mol. The predicted octanol–water partition coefficient (Wildman–Crippen LogP) is 3.10. The highest BCUT2D eigenvalue weighted by Gasteiger charge is 2.34. The van der Waals surface area contributed by atoms with E-state index in [1.807, 2.05) is 32.9 Å². The van der Waals surface area contributed by atoms with Gasteiger partial charge < -0.3 is 15.0 Å². The highest BCUT2D eigenvalue weighted by atomic mass is 16.6. The van der Waals surface area contributed by atoms with Crippen molar-refractivity contribution >= 4 is 17.6 Å². The van der Waals surface area contributed by atoms with Gasteiger partial charge in [0.25, 0.3) is 5.91 Å². The van der Waals surface area contributed by atoms with Gasteiger partial charge in [0.2, 0.25) is 0 Å². The standard InChI is InChI=1S/C19H27N3O3/c1-18(2,3)25-17(24)22-10-9-14(19(4,5)12-22)13-7-8-15(21-11-13)16(23)20-6/h7-9,11H,10,12H2,1-6H3,(H,20,23). The lowest BCUT2D eigenvalue weighted by Crippen LogP contribution is -2.45. The van der Waals surface area contributed by atoms with Crippen LogP contribution in [0.15, 0.2) is 24.4 Å². The SMILES string of the molecule is CNC(=O)c1ccc(C2=CCN(C(=O)OC(C)(C)C)CC2(C)C)cn1. The van der Waals surface area contributed by atoms with Crippen molar-refractivity contribution in [3.05, 3.63) is 35.7 Å². The smallest absolute Gasteiger partial charge is 0.410 e. The van der Waals surface area contributed by atoms with Gasteiger partial charge in [-0.25, -0.2) is 4.79 Å². The molecule has 2 amide bonds. The third-order valence-electron chi connectivity index (χ3n) is 4.02. The molecule has 0 aliphatic carbocycles. The summed E-state index contributed by atoms with van der Waals surface area (Å²) in [6.45, 7) is 10.8. The molecule has 1 N–H and O–H groups in total. The zero-order valence-corrected chi connectivity index (χ0v) is 15.8. The molecule has 0 fully saturated rings. The Morgan fingerprint density at radius 3 is 2.44 bits per heavy atom. The Balaban J connectivity index is 2.20. The highest BCUT2D eigenvalue weighted by molar-refractivity contribution is 5.92. The first-order valence-electron chi connectivity index (χ1n) is 8.40. The number of rotatable bonds is 2. The number of amides is 2. The van der Waals surface area contributed by atoms with E-state index in [4.69, 9.17) is 4.74 Å². The molecule has 0 saturated heterocycles. The third-order valence-corrected chi connectivity index (χ3v) is 4.02. The Morgan fingerprint density at radius 2 is 1.96 bits per heavy atom. The van der Waals surface area contributed by atoms with Gasteiger partial charge in [0, 0.05) is 31.7 Å². The monoisotopic (exact) mass is 345 g/mol. The molecule has 1 aromatic heterocycles. The van der Waals surface area contributed by atoms with Crippen molar-refractivity contribution in [2.45, 2.75) is 40.2 Å². The summed E-state index contributed by atoms with van der Waals surface area (Å²) >= 11 is 0. The fraction of sp³-hybridized carbons (Fsp3) is 0.526. The van der Waals surface area contributed by atoms with Crippen LogP contribution in [-0.4, -0.2) is 47.6 Å². The number of ether oxygens (including phenoxy) is 1. The molecular weight excluding hydrogens is 318 g/mol. The molecule has 1 aromatic rings. The van der Waals surface area contributed by atoms with Crippen molar-refractivity contribution in [3.8, 4) is 0 Å². The second kappa shape index (κ2) is 6.86. The van der Waals surface area contributed by atoms with Crippen LogP contribution in [0.3, 0.4) is 0 Å². The molecule has 2 rings (SSSR count). The average molecular weight is 345 g/mol. The normalized spacial score (nSPS) is 16.9. The summed E-state index contributed by atoms with van der Waals surface area (Å²) in [5.74, 6) is -0.209. The number of hydrogen-bond donors (Lipinski definition) is 1. The zero-order chi connectivity index (χ0) is 18.8. The molecule has 0 atom stereocenters. The Bertz CT molecular complexity index is 685. The van der Waals surface area contributed by atoms with Gasteiger partial charge >= 0.3 is 6.09 Å². The van der Waals surface area contributed by atoms with Crippen LogP contribution in [0.25, 0.3) is 5.57 Å². The number of carbonyl (C=O) groups excluding carboxylic acids is 2. The van der Waals surface area contributed by atoms with Gasteiger partial charge in [-0.3, -0.25) is 9.78 Å². The average Bonchev–Trinajstić information content (AvgIpc) is 2.51. The molecular formula is C19H27N3O3. The summed E-state index contributed by atoms with van der Waals surface area (Å²) in [7, 11) is 1.58. The largest absolute Gasteiger partial charge is 0.444 e. The van der Waals surface area contributed by atoms with Gasteiger partial charge in [0.05, 0.1) is 0 Å². The van der Waals surface area contributed by atoms with Crippen LogP contribution in [0.1, 0.15) is 50.7 Å².